The van der Waals surface area contributed by atoms with E-state index in [1.807, 2.05) is 24.3 Å². The number of methoxy groups -OCH3 is 1. The van der Waals surface area contributed by atoms with E-state index in [9.17, 15) is 4.79 Å². The molecule has 2 aromatic rings. The lowest BCUT2D eigenvalue weighted by Gasteiger charge is -2.06. The molecule has 0 spiro atoms. The third-order valence-corrected chi connectivity index (χ3v) is 3.09. The Hall–Kier alpha value is -2.27. The van der Waals surface area contributed by atoms with Gasteiger partial charge in [-0.15, -0.1) is 0 Å². The number of benzene rings is 1. The Balaban J connectivity index is 1.93. The molecule has 0 unspecified atom stereocenters. The van der Waals surface area contributed by atoms with Crippen LogP contribution in [0.1, 0.15) is 28.1 Å². The van der Waals surface area contributed by atoms with Crippen molar-refractivity contribution in [1.29, 1.82) is 0 Å². The van der Waals surface area contributed by atoms with E-state index in [-0.39, 0.29) is 6.61 Å². The normalized spacial score (nSPS) is 10.4. The quantitative estimate of drug-likeness (QED) is 0.767. The molecule has 0 atom stereocenters. The number of hydrogen-bond donors (Lipinski definition) is 2. The first-order valence-electron chi connectivity index (χ1n) is 6.82. The number of carbonyl (C=O) groups is 1. The van der Waals surface area contributed by atoms with Crippen molar-refractivity contribution >= 4 is 11.7 Å². The van der Waals surface area contributed by atoms with Crippen molar-refractivity contribution in [3.8, 4) is 0 Å². The molecule has 0 aliphatic heterocycles. The Morgan fingerprint density at radius 1 is 1.38 bits per heavy atom. The predicted molar refractivity (Wildman–Crippen MR) is 79.2 cm³/mol. The van der Waals surface area contributed by atoms with Crippen LogP contribution in [0.25, 0.3) is 0 Å². The maximum absolute atomic E-state index is 11.3. The van der Waals surface area contributed by atoms with Gasteiger partial charge in [-0.1, -0.05) is 12.1 Å². The van der Waals surface area contributed by atoms with E-state index in [4.69, 9.17) is 9.52 Å². The topological polar surface area (TPSA) is 71.7 Å². The molecule has 21 heavy (non-hydrogen) atoms. The van der Waals surface area contributed by atoms with Crippen molar-refractivity contribution in [2.45, 2.75) is 19.4 Å². The Bertz CT molecular complexity index is 591. The van der Waals surface area contributed by atoms with Crippen LogP contribution in [0.2, 0.25) is 0 Å². The number of carbonyl (C=O) groups excluding carboxylic acids is 1. The van der Waals surface area contributed by atoms with Crippen LogP contribution in [-0.2, 0) is 17.7 Å². The van der Waals surface area contributed by atoms with Crippen molar-refractivity contribution < 1.29 is 19.1 Å². The highest BCUT2D eigenvalue weighted by atomic mass is 16.5. The van der Waals surface area contributed by atoms with Gasteiger partial charge in [0.15, 0.2) is 0 Å². The van der Waals surface area contributed by atoms with Gasteiger partial charge in [0, 0.05) is 12.3 Å². The van der Waals surface area contributed by atoms with Gasteiger partial charge in [0.05, 0.1) is 19.2 Å². The monoisotopic (exact) mass is 289 g/mol. The molecule has 112 valence electrons. The van der Waals surface area contributed by atoms with Crippen molar-refractivity contribution in [1.82, 2.24) is 0 Å². The number of hydrogen-bond acceptors (Lipinski definition) is 5. The first kappa shape index (κ1) is 15.1. The molecule has 0 bridgehead atoms. The van der Waals surface area contributed by atoms with Gasteiger partial charge in [0.25, 0.3) is 0 Å². The third kappa shape index (κ3) is 4.36. The minimum Gasteiger partial charge on any atom is -0.467 e. The van der Waals surface area contributed by atoms with Crippen molar-refractivity contribution in [2.75, 3.05) is 19.0 Å². The molecule has 1 heterocycles. The van der Waals surface area contributed by atoms with Crippen LogP contribution in [0.3, 0.4) is 0 Å². The number of aryl methyl sites for hydroxylation is 1. The lowest BCUT2D eigenvalue weighted by atomic mass is 10.1. The maximum Gasteiger partial charge on any atom is 0.341 e. The second-order valence-corrected chi connectivity index (χ2v) is 4.67. The summed E-state index contributed by atoms with van der Waals surface area (Å²) < 4.78 is 9.93. The molecule has 5 heteroatoms. The molecule has 0 aliphatic carbocycles. The average Bonchev–Trinajstić information content (AvgIpc) is 2.99. The van der Waals surface area contributed by atoms with Gasteiger partial charge < -0.3 is 19.6 Å². The average molecular weight is 289 g/mol. The molecule has 2 N–H and O–H groups in total. The smallest absolute Gasteiger partial charge is 0.341 e. The van der Waals surface area contributed by atoms with Gasteiger partial charge >= 0.3 is 5.97 Å². The molecule has 0 aliphatic rings. The first-order chi connectivity index (χ1) is 10.2. The number of aliphatic hydroxyl groups excluding tert-OH is 1. The summed E-state index contributed by atoms with van der Waals surface area (Å²) in [6, 6.07) is 9.67. The summed E-state index contributed by atoms with van der Waals surface area (Å²) in [4.78, 5) is 11.3. The van der Waals surface area contributed by atoms with Crippen LogP contribution in [0, 0.1) is 0 Å². The largest absolute Gasteiger partial charge is 0.467 e. The Morgan fingerprint density at radius 3 is 3.00 bits per heavy atom. The van der Waals surface area contributed by atoms with E-state index < -0.39 is 5.97 Å². The Kier molecular flexibility index (Phi) is 5.40. The number of esters is 1. The molecule has 0 saturated carbocycles. The lowest BCUT2D eigenvalue weighted by molar-refractivity contribution is 0.0600. The molecule has 5 nitrogen and oxygen atoms in total. The van der Waals surface area contributed by atoms with Crippen molar-refractivity contribution in [3.05, 3.63) is 53.5 Å². The summed E-state index contributed by atoms with van der Waals surface area (Å²) in [6.07, 6.45) is 2.99. The van der Waals surface area contributed by atoms with Gasteiger partial charge in [-0.25, -0.2) is 4.79 Å². The highest BCUT2D eigenvalue weighted by Gasteiger charge is 2.09. The van der Waals surface area contributed by atoms with Crippen molar-refractivity contribution in [3.63, 3.8) is 0 Å². The van der Waals surface area contributed by atoms with E-state index in [2.05, 4.69) is 10.1 Å². The maximum atomic E-state index is 11.3. The number of furan rings is 1. The molecule has 0 radical (unpaired) electrons. The van der Waals surface area contributed by atoms with Crippen LogP contribution in [0.4, 0.5) is 5.69 Å². The zero-order valence-electron chi connectivity index (χ0n) is 12.0. The van der Waals surface area contributed by atoms with Gasteiger partial charge in [0.1, 0.15) is 12.0 Å². The van der Waals surface area contributed by atoms with E-state index in [0.717, 1.165) is 18.5 Å². The predicted octanol–water partition coefficient (Wildman–Crippen LogP) is 2.60. The molecule has 1 aromatic heterocycles. The molecule has 2 rings (SSSR count). The summed E-state index contributed by atoms with van der Waals surface area (Å²) in [6.45, 7) is 0.681. The van der Waals surface area contributed by atoms with E-state index in [0.29, 0.717) is 17.9 Å². The lowest BCUT2D eigenvalue weighted by Crippen LogP contribution is -2.00. The van der Waals surface area contributed by atoms with E-state index >= 15 is 0 Å². The highest BCUT2D eigenvalue weighted by Crippen LogP contribution is 2.15. The van der Waals surface area contributed by atoms with Gasteiger partial charge in [-0.05, 0) is 36.6 Å². The van der Waals surface area contributed by atoms with Gasteiger partial charge in [-0.2, -0.15) is 0 Å². The fourth-order valence-corrected chi connectivity index (χ4v) is 2.01. The van der Waals surface area contributed by atoms with Crippen molar-refractivity contribution in [2.24, 2.45) is 0 Å². The highest BCUT2D eigenvalue weighted by molar-refractivity contribution is 5.88. The SMILES string of the molecule is COC(=O)c1coc(CNc2cccc(CCCO)c2)c1. The van der Waals surface area contributed by atoms with Crippen LogP contribution in [0.5, 0.6) is 0 Å². The first-order valence-corrected chi connectivity index (χ1v) is 6.82. The molecule has 1 aromatic carbocycles. The van der Waals surface area contributed by atoms with E-state index in [1.165, 1.54) is 18.9 Å². The number of nitrogens with one attached hydrogen (secondary N) is 1. The summed E-state index contributed by atoms with van der Waals surface area (Å²) in [5.74, 6) is 0.257. The minimum absolute atomic E-state index is 0.195. The number of ether oxygens (including phenoxy) is 1. The number of rotatable bonds is 7. The molecule has 0 fully saturated rings. The summed E-state index contributed by atoms with van der Waals surface area (Å²) in [5.41, 5.74) is 2.55. The third-order valence-electron chi connectivity index (χ3n) is 3.09. The van der Waals surface area contributed by atoms with Crippen LogP contribution < -0.4 is 5.32 Å². The van der Waals surface area contributed by atoms with Gasteiger partial charge in [-0.3, -0.25) is 0 Å². The number of anilines is 1. The Morgan fingerprint density at radius 2 is 2.24 bits per heavy atom. The fourth-order valence-electron chi connectivity index (χ4n) is 2.01. The zero-order chi connectivity index (χ0) is 15.1. The zero-order valence-corrected chi connectivity index (χ0v) is 12.0. The summed E-state index contributed by atoms with van der Waals surface area (Å²) in [7, 11) is 1.34. The Labute approximate surface area is 123 Å². The number of aliphatic hydroxyl groups is 1. The molecule has 0 amide bonds. The molecule has 0 saturated heterocycles. The second-order valence-electron chi connectivity index (χ2n) is 4.67. The van der Waals surface area contributed by atoms with Gasteiger partial charge in [0.2, 0.25) is 0 Å². The van der Waals surface area contributed by atoms with Crippen LogP contribution >= 0.6 is 0 Å². The van der Waals surface area contributed by atoms with Crippen LogP contribution in [-0.4, -0.2) is 24.8 Å². The minimum atomic E-state index is -0.406. The fraction of sp³-hybridized carbons (Fsp3) is 0.312. The van der Waals surface area contributed by atoms with Crippen LogP contribution in [0.15, 0.2) is 41.0 Å². The second kappa shape index (κ2) is 7.50. The summed E-state index contributed by atoms with van der Waals surface area (Å²) >= 11 is 0. The summed E-state index contributed by atoms with van der Waals surface area (Å²) in [5, 5.41) is 12.1. The molecular formula is C16H19NO4. The molecular weight excluding hydrogens is 270 g/mol. The standard InChI is InChI=1S/C16H19NO4/c1-20-16(19)13-9-15(21-11-13)10-17-14-6-2-4-12(8-14)5-3-7-18/h2,4,6,8-9,11,17-18H,3,5,7,10H2,1H3. The van der Waals surface area contributed by atoms with E-state index in [1.54, 1.807) is 6.07 Å².